The number of nitrogens with one attached hydrogen (secondary N) is 1. The van der Waals surface area contributed by atoms with Crippen molar-refractivity contribution in [3.8, 4) is 11.4 Å². The number of tetrazole rings is 1. The zero-order valence-corrected chi connectivity index (χ0v) is 15.9. The van der Waals surface area contributed by atoms with Crippen molar-refractivity contribution in [1.82, 2.24) is 20.2 Å². The standard InChI is InChI=1S/C21H17N5OS/c1-15-8-5-6-12-18(15)22-21(27)19(14-17-11-7-13-28-17)26-20(23-24-25-26)16-9-3-2-4-10-16/h2-14H,1H3,(H,22,27)/b19-14-. The predicted octanol–water partition coefficient (Wildman–Crippen LogP) is 4.35. The van der Waals surface area contributed by atoms with Crippen LogP contribution in [0.15, 0.2) is 72.1 Å². The zero-order valence-electron chi connectivity index (χ0n) is 15.1. The molecule has 0 aliphatic carbocycles. The molecule has 1 amide bonds. The summed E-state index contributed by atoms with van der Waals surface area (Å²) in [7, 11) is 0. The molecule has 0 saturated heterocycles. The Labute approximate surface area is 166 Å². The van der Waals surface area contributed by atoms with Crippen LogP contribution in [0.25, 0.3) is 23.2 Å². The first-order chi connectivity index (χ1) is 13.7. The number of para-hydroxylation sites is 1. The van der Waals surface area contributed by atoms with Crippen molar-refractivity contribution < 1.29 is 4.79 Å². The van der Waals surface area contributed by atoms with E-state index in [-0.39, 0.29) is 5.91 Å². The first kappa shape index (κ1) is 17.8. The van der Waals surface area contributed by atoms with Crippen molar-refractivity contribution in [3.05, 3.63) is 82.6 Å². The Morgan fingerprint density at radius 1 is 1.04 bits per heavy atom. The van der Waals surface area contributed by atoms with Gasteiger partial charge in [0.25, 0.3) is 5.91 Å². The molecule has 0 saturated carbocycles. The molecular weight excluding hydrogens is 370 g/mol. The quantitative estimate of drug-likeness (QED) is 0.517. The molecule has 0 atom stereocenters. The van der Waals surface area contributed by atoms with Gasteiger partial charge in [0.05, 0.1) is 0 Å². The molecule has 0 fully saturated rings. The first-order valence-electron chi connectivity index (χ1n) is 8.69. The smallest absolute Gasteiger partial charge is 0.274 e. The van der Waals surface area contributed by atoms with Crippen molar-refractivity contribution in [1.29, 1.82) is 0 Å². The molecule has 0 aliphatic rings. The molecule has 2 aromatic carbocycles. The highest BCUT2D eigenvalue weighted by atomic mass is 32.1. The minimum Gasteiger partial charge on any atom is -0.320 e. The summed E-state index contributed by atoms with van der Waals surface area (Å²) in [6, 6.07) is 21.1. The zero-order chi connectivity index (χ0) is 19.3. The van der Waals surface area contributed by atoms with Gasteiger partial charge >= 0.3 is 0 Å². The lowest BCUT2D eigenvalue weighted by Gasteiger charge is -2.12. The second kappa shape index (κ2) is 7.98. The van der Waals surface area contributed by atoms with Crippen LogP contribution < -0.4 is 5.32 Å². The van der Waals surface area contributed by atoms with Crippen LogP contribution in [0.4, 0.5) is 5.69 Å². The van der Waals surface area contributed by atoms with E-state index in [0.29, 0.717) is 11.5 Å². The number of hydrogen-bond donors (Lipinski definition) is 1. The van der Waals surface area contributed by atoms with E-state index in [9.17, 15) is 4.79 Å². The summed E-state index contributed by atoms with van der Waals surface area (Å²) in [6.07, 6.45) is 1.79. The van der Waals surface area contributed by atoms with Gasteiger partial charge in [-0.05, 0) is 46.5 Å². The van der Waals surface area contributed by atoms with Crippen LogP contribution >= 0.6 is 11.3 Å². The molecule has 4 aromatic rings. The molecule has 1 N–H and O–H groups in total. The van der Waals surface area contributed by atoms with Crippen molar-refractivity contribution >= 4 is 34.7 Å². The Kier molecular flexibility index (Phi) is 5.07. The Morgan fingerprint density at radius 3 is 2.57 bits per heavy atom. The van der Waals surface area contributed by atoms with Gasteiger partial charge in [0, 0.05) is 16.1 Å². The van der Waals surface area contributed by atoms with Crippen LogP contribution in [-0.4, -0.2) is 26.1 Å². The van der Waals surface area contributed by atoms with E-state index in [1.165, 1.54) is 16.0 Å². The monoisotopic (exact) mass is 387 g/mol. The minimum atomic E-state index is -0.285. The number of benzene rings is 2. The second-order valence-electron chi connectivity index (χ2n) is 6.09. The molecule has 2 heterocycles. The molecule has 0 radical (unpaired) electrons. The number of carbonyl (C=O) groups is 1. The summed E-state index contributed by atoms with van der Waals surface area (Å²) in [5, 5.41) is 16.9. The molecule has 2 aromatic heterocycles. The lowest BCUT2D eigenvalue weighted by molar-refractivity contribution is -0.111. The summed E-state index contributed by atoms with van der Waals surface area (Å²) in [5.74, 6) is 0.218. The molecule has 0 aliphatic heterocycles. The number of aryl methyl sites for hydroxylation is 1. The van der Waals surface area contributed by atoms with Gasteiger partial charge in [0.15, 0.2) is 5.82 Å². The average Bonchev–Trinajstić information content (AvgIpc) is 3.40. The number of amides is 1. The van der Waals surface area contributed by atoms with E-state index in [0.717, 1.165) is 21.7 Å². The second-order valence-corrected chi connectivity index (χ2v) is 7.07. The lowest BCUT2D eigenvalue weighted by atomic mass is 10.2. The van der Waals surface area contributed by atoms with E-state index < -0.39 is 0 Å². The summed E-state index contributed by atoms with van der Waals surface area (Å²) < 4.78 is 1.47. The number of nitrogens with zero attached hydrogens (tertiary/aromatic N) is 4. The lowest BCUT2D eigenvalue weighted by Crippen LogP contribution is -2.19. The molecule has 6 nitrogen and oxygen atoms in total. The number of rotatable bonds is 5. The van der Waals surface area contributed by atoms with Crippen LogP contribution in [0.3, 0.4) is 0 Å². The van der Waals surface area contributed by atoms with Gasteiger partial charge in [-0.25, -0.2) is 0 Å². The third-order valence-corrected chi connectivity index (χ3v) is 5.00. The average molecular weight is 387 g/mol. The van der Waals surface area contributed by atoms with Crippen molar-refractivity contribution in [2.45, 2.75) is 6.92 Å². The predicted molar refractivity (Wildman–Crippen MR) is 112 cm³/mol. The topological polar surface area (TPSA) is 72.7 Å². The van der Waals surface area contributed by atoms with Crippen LogP contribution in [-0.2, 0) is 4.79 Å². The van der Waals surface area contributed by atoms with E-state index in [1.807, 2.05) is 79.0 Å². The fourth-order valence-corrected chi connectivity index (χ4v) is 3.40. The van der Waals surface area contributed by atoms with Crippen molar-refractivity contribution in [2.75, 3.05) is 5.32 Å². The summed E-state index contributed by atoms with van der Waals surface area (Å²) in [6.45, 7) is 1.95. The third kappa shape index (κ3) is 3.74. The number of aromatic nitrogens is 4. The van der Waals surface area contributed by atoms with Gasteiger partial charge in [-0.15, -0.1) is 16.4 Å². The minimum absolute atomic E-state index is 0.285. The van der Waals surface area contributed by atoms with Gasteiger partial charge in [-0.2, -0.15) is 4.68 Å². The van der Waals surface area contributed by atoms with Gasteiger partial charge in [-0.3, -0.25) is 4.79 Å². The van der Waals surface area contributed by atoms with Crippen LogP contribution in [0.1, 0.15) is 10.4 Å². The molecular formula is C21H17N5OS. The van der Waals surface area contributed by atoms with E-state index >= 15 is 0 Å². The van der Waals surface area contributed by atoms with E-state index in [4.69, 9.17) is 0 Å². The maximum Gasteiger partial charge on any atom is 0.274 e. The van der Waals surface area contributed by atoms with Crippen LogP contribution in [0, 0.1) is 6.92 Å². The SMILES string of the molecule is Cc1ccccc1NC(=O)/C(=C/c1cccs1)n1nnnc1-c1ccccc1. The fraction of sp³-hybridized carbons (Fsp3) is 0.0476. The highest BCUT2D eigenvalue weighted by Crippen LogP contribution is 2.23. The van der Waals surface area contributed by atoms with E-state index in [1.54, 1.807) is 6.08 Å². The Bertz CT molecular complexity index is 1120. The summed E-state index contributed by atoms with van der Waals surface area (Å²) >= 11 is 1.54. The van der Waals surface area contributed by atoms with Crippen molar-refractivity contribution in [2.24, 2.45) is 0 Å². The Morgan fingerprint density at radius 2 is 1.82 bits per heavy atom. The molecule has 4 rings (SSSR count). The number of thiophene rings is 1. The maximum absolute atomic E-state index is 13.2. The fourth-order valence-electron chi connectivity index (χ4n) is 2.75. The number of hydrogen-bond acceptors (Lipinski definition) is 5. The van der Waals surface area contributed by atoms with E-state index in [2.05, 4.69) is 20.8 Å². The summed E-state index contributed by atoms with van der Waals surface area (Å²) in [4.78, 5) is 14.1. The Hall–Kier alpha value is -3.58. The van der Waals surface area contributed by atoms with Gasteiger partial charge in [0.1, 0.15) is 5.70 Å². The van der Waals surface area contributed by atoms with Crippen LogP contribution in [0.2, 0.25) is 0 Å². The Balaban J connectivity index is 1.77. The molecule has 0 spiro atoms. The molecule has 7 heteroatoms. The summed E-state index contributed by atoms with van der Waals surface area (Å²) in [5.41, 5.74) is 2.90. The van der Waals surface area contributed by atoms with Gasteiger partial charge in [0.2, 0.25) is 0 Å². The van der Waals surface area contributed by atoms with Crippen molar-refractivity contribution in [3.63, 3.8) is 0 Å². The highest BCUT2D eigenvalue weighted by Gasteiger charge is 2.20. The number of carbonyl (C=O) groups excluding carboxylic acids is 1. The molecule has 0 unspecified atom stereocenters. The normalized spacial score (nSPS) is 11.4. The first-order valence-corrected chi connectivity index (χ1v) is 9.57. The molecule has 28 heavy (non-hydrogen) atoms. The van der Waals surface area contributed by atoms with Gasteiger partial charge < -0.3 is 5.32 Å². The van der Waals surface area contributed by atoms with Gasteiger partial charge in [-0.1, -0.05) is 54.6 Å². The third-order valence-electron chi connectivity index (χ3n) is 4.18. The highest BCUT2D eigenvalue weighted by molar-refractivity contribution is 7.10. The molecule has 0 bridgehead atoms. The maximum atomic E-state index is 13.2. The molecule has 138 valence electrons. The van der Waals surface area contributed by atoms with Crippen LogP contribution in [0.5, 0.6) is 0 Å². The number of anilines is 1. The largest absolute Gasteiger partial charge is 0.320 e.